The molecule has 1 atom stereocenters. The number of hydrogen-bond acceptors (Lipinski definition) is 2. The average molecular weight is 232 g/mol. The maximum Gasteiger partial charge on any atom is 0.199 e. The molecule has 2 heteroatoms. The molecule has 2 rings (SSSR count). The summed E-state index contributed by atoms with van der Waals surface area (Å²) in [4.78, 5) is 0. The number of hydrogen-bond donors (Lipinski definition) is 0. The molecule has 0 spiro atoms. The van der Waals surface area contributed by atoms with Gasteiger partial charge in [0.05, 0.1) is 6.61 Å². The fourth-order valence-electron chi connectivity index (χ4n) is 1.96. The second-order valence-electron chi connectivity index (χ2n) is 4.72. The third-order valence-electron chi connectivity index (χ3n) is 3.07. The molecule has 1 heterocycles. The Morgan fingerprint density at radius 3 is 2.88 bits per heavy atom. The van der Waals surface area contributed by atoms with Gasteiger partial charge in [-0.1, -0.05) is 38.6 Å². The summed E-state index contributed by atoms with van der Waals surface area (Å²) in [5.41, 5.74) is 2.31. The summed E-state index contributed by atoms with van der Waals surface area (Å²) in [7, 11) is 0. The van der Waals surface area contributed by atoms with Crippen LogP contribution < -0.4 is 4.74 Å². The molecule has 2 nitrogen and oxygen atoms in total. The maximum atomic E-state index is 5.89. The molecule has 0 N–H and O–H groups in total. The van der Waals surface area contributed by atoms with E-state index in [4.69, 9.17) is 9.47 Å². The van der Waals surface area contributed by atoms with Crippen LogP contribution in [0.3, 0.4) is 0 Å². The van der Waals surface area contributed by atoms with Gasteiger partial charge < -0.3 is 9.47 Å². The zero-order chi connectivity index (χ0) is 12.3. The van der Waals surface area contributed by atoms with Crippen molar-refractivity contribution in [3.05, 3.63) is 35.9 Å². The van der Waals surface area contributed by atoms with Crippen LogP contribution in [0.5, 0.6) is 5.75 Å². The minimum absolute atomic E-state index is 0.0869. The highest BCUT2D eigenvalue weighted by Crippen LogP contribution is 2.28. The highest BCUT2D eigenvalue weighted by atomic mass is 16.7. The summed E-state index contributed by atoms with van der Waals surface area (Å²) < 4.78 is 11.4. The molecule has 1 aliphatic rings. The lowest BCUT2D eigenvalue weighted by atomic mass is 10.0. The zero-order valence-electron chi connectivity index (χ0n) is 10.6. The minimum atomic E-state index is -0.0869. The van der Waals surface area contributed by atoms with Crippen molar-refractivity contribution in [2.24, 2.45) is 0 Å². The molecule has 1 aromatic carbocycles. The second-order valence-corrected chi connectivity index (χ2v) is 4.72. The molecule has 0 aliphatic carbocycles. The highest BCUT2D eigenvalue weighted by Gasteiger charge is 2.18. The largest absolute Gasteiger partial charge is 0.464 e. The van der Waals surface area contributed by atoms with E-state index >= 15 is 0 Å². The summed E-state index contributed by atoms with van der Waals surface area (Å²) in [6.45, 7) is 8.98. The van der Waals surface area contributed by atoms with E-state index in [0.29, 0.717) is 5.92 Å². The Morgan fingerprint density at radius 1 is 1.47 bits per heavy atom. The topological polar surface area (TPSA) is 18.5 Å². The molecule has 0 bridgehead atoms. The quantitative estimate of drug-likeness (QED) is 0.782. The van der Waals surface area contributed by atoms with E-state index in [2.05, 4.69) is 38.6 Å². The molecule has 1 aromatic rings. The van der Waals surface area contributed by atoms with Gasteiger partial charge in [0.1, 0.15) is 5.75 Å². The maximum absolute atomic E-state index is 5.89. The number of benzene rings is 1. The van der Waals surface area contributed by atoms with E-state index in [1.165, 1.54) is 5.56 Å². The van der Waals surface area contributed by atoms with Gasteiger partial charge in [0, 0.05) is 12.0 Å². The molecule has 0 saturated carbocycles. The van der Waals surface area contributed by atoms with Gasteiger partial charge in [0.25, 0.3) is 0 Å². The molecule has 0 amide bonds. The molecule has 1 saturated heterocycles. The monoisotopic (exact) mass is 232 g/mol. The SMILES string of the molecule is C=Cc1ccc(C(C)C)cc1OC1CCCO1. The van der Waals surface area contributed by atoms with Crippen LogP contribution in [-0.4, -0.2) is 12.9 Å². The third-order valence-corrected chi connectivity index (χ3v) is 3.07. The Bertz CT molecular complexity index is 390. The van der Waals surface area contributed by atoms with Crippen LogP contribution in [0.4, 0.5) is 0 Å². The van der Waals surface area contributed by atoms with E-state index in [1.807, 2.05) is 6.08 Å². The summed E-state index contributed by atoms with van der Waals surface area (Å²) in [5, 5.41) is 0. The lowest BCUT2D eigenvalue weighted by Gasteiger charge is -2.16. The van der Waals surface area contributed by atoms with Gasteiger partial charge in [-0.05, 0) is 24.0 Å². The van der Waals surface area contributed by atoms with E-state index in [0.717, 1.165) is 30.8 Å². The first kappa shape index (κ1) is 12.2. The second kappa shape index (κ2) is 5.37. The molecular formula is C15H20O2. The lowest BCUT2D eigenvalue weighted by Crippen LogP contribution is -2.14. The number of rotatable bonds is 4. The highest BCUT2D eigenvalue weighted by molar-refractivity contribution is 5.57. The average Bonchev–Trinajstić information content (AvgIpc) is 2.81. The summed E-state index contributed by atoms with van der Waals surface area (Å²) >= 11 is 0. The van der Waals surface area contributed by atoms with Crippen LogP contribution in [0.15, 0.2) is 24.8 Å². The Hall–Kier alpha value is -1.28. The van der Waals surface area contributed by atoms with E-state index in [-0.39, 0.29) is 6.29 Å². The summed E-state index contributed by atoms with van der Waals surface area (Å²) in [6.07, 6.45) is 3.80. The van der Waals surface area contributed by atoms with Crippen molar-refractivity contribution in [1.29, 1.82) is 0 Å². The summed E-state index contributed by atoms with van der Waals surface area (Å²) in [5.74, 6) is 1.39. The first-order chi connectivity index (χ1) is 8.20. The Balaban J connectivity index is 2.21. The molecule has 1 aliphatic heterocycles. The van der Waals surface area contributed by atoms with Gasteiger partial charge in [0.15, 0.2) is 6.29 Å². The molecule has 0 aromatic heterocycles. The molecule has 0 radical (unpaired) electrons. The van der Waals surface area contributed by atoms with Crippen LogP contribution in [-0.2, 0) is 4.74 Å². The van der Waals surface area contributed by atoms with Crippen molar-refractivity contribution in [2.75, 3.05) is 6.61 Å². The van der Waals surface area contributed by atoms with Crippen molar-refractivity contribution in [2.45, 2.75) is 38.9 Å². The van der Waals surface area contributed by atoms with Crippen LogP contribution in [0.2, 0.25) is 0 Å². The molecule has 1 fully saturated rings. The first-order valence-corrected chi connectivity index (χ1v) is 6.25. The van der Waals surface area contributed by atoms with Gasteiger partial charge >= 0.3 is 0 Å². The van der Waals surface area contributed by atoms with Crippen LogP contribution >= 0.6 is 0 Å². The fourth-order valence-corrected chi connectivity index (χ4v) is 1.96. The van der Waals surface area contributed by atoms with Gasteiger partial charge in [0.2, 0.25) is 0 Å². The van der Waals surface area contributed by atoms with E-state index < -0.39 is 0 Å². The van der Waals surface area contributed by atoms with Crippen molar-refractivity contribution >= 4 is 6.08 Å². The van der Waals surface area contributed by atoms with Gasteiger partial charge in [-0.15, -0.1) is 0 Å². The molecule has 1 unspecified atom stereocenters. The van der Waals surface area contributed by atoms with Gasteiger partial charge in [-0.2, -0.15) is 0 Å². The normalized spacial score (nSPS) is 19.6. The molecular weight excluding hydrogens is 212 g/mol. The van der Waals surface area contributed by atoms with Crippen molar-refractivity contribution in [3.63, 3.8) is 0 Å². The first-order valence-electron chi connectivity index (χ1n) is 6.25. The standard InChI is InChI=1S/C15H20O2/c1-4-12-7-8-13(11(2)3)10-14(12)17-15-6-5-9-16-15/h4,7-8,10-11,15H,1,5-6,9H2,2-3H3. The van der Waals surface area contributed by atoms with E-state index in [1.54, 1.807) is 0 Å². The predicted octanol–water partition coefficient (Wildman–Crippen LogP) is 3.97. The smallest absolute Gasteiger partial charge is 0.199 e. The Kier molecular flexibility index (Phi) is 3.85. The van der Waals surface area contributed by atoms with Gasteiger partial charge in [-0.25, -0.2) is 0 Å². The molecule has 17 heavy (non-hydrogen) atoms. The lowest BCUT2D eigenvalue weighted by molar-refractivity contribution is -0.0392. The Labute approximate surface area is 103 Å². The predicted molar refractivity (Wildman–Crippen MR) is 70.2 cm³/mol. The fraction of sp³-hybridized carbons (Fsp3) is 0.467. The minimum Gasteiger partial charge on any atom is -0.464 e. The zero-order valence-corrected chi connectivity index (χ0v) is 10.6. The van der Waals surface area contributed by atoms with Crippen LogP contribution in [0.25, 0.3) is 6.08 Å². The Morgan fingerprint density at radius 2 is 2.29 bits per heavy atom. The number of ether oxygens (including phenoxy) is 2. The molecule has 92 valence electrons. The van der Waals surface area contributed by atoms with Gasteiger partial charge in [-0.3, -0.25) is 0 Å². The van der Waals surface area contributed by atoms with E-state index in [9.17, 15) is 0 Å². The van der Waals surface area contributed by atoms with Crippen LogP contribution in [0.1, 0.15) is 43.7 Å². The summed E-state index contributed by atoms with van der Waals surface area (Å²) in [6, 6.07) is 6.29. The van der Waals surface area contributed by atoms with Crippen LogP contribution in [0, 0.1) is 0 Å². The van der Waals surface area contributed by atoms with Crippen molar-refractivity contribution in [1.82, 2.24) is 0 Å². The van der Waals surface area contributed by atoms with Crippen molar-refractivity contribution < 1.29 is 9.47 Å². The third kappa shape index (κ3) is 2.89. The van der Waals surface area contributed by atoms with Crippen molar-refractivity contribution in [3.8, 4) is 5.75 Å².